The Labute approximate surface area is 132 Å². The zero-order valence-electron chi connectivity index (χ0n) is 12.2. The molecule has 0 unspecified atom stereocenters. The minimum absolute atomic E-state index is 0.128. The van der Waals surface area contributed by atoms with Crippen LogP contribution in [-0.4, -0.2) is 21.6 Å². The molecule has 2 aromatic carbocycles. The molecule has 0 aliphatic heterocycles. The van der Waals surface area contributed by atoms with Crippen molar-refractivity contribution in [3.63, 3.8) is 0 Å². The highest BCUT2D eigenvalue weighted by Crippen LogP contribution is 2.18. The highest BCUT2D eigenvalue weighted by Gasteiger charge is 2.10. The maximum Gasteiger partial charge on any atom is 0.274 e. The SMILES string of the molecule is O=C(Cn1ccc2ccc(C(=O)NO)cc21)Nc1ccccc1. The van der Waals surface area contributed by atoms with Crippen LogP contribution in [0.1, 0.15) is 10.4 Å². The van der Waals surface area contributed by atoms with E-state index in [0.717, 1.165) is 16.6 Å². The molecule has 0 saturated heterocycles. The molecule has 1 aromatic heterocycles. The second-order valence-corrected chi connectivity index (χ2v) is 5.07. The lowest BCUT2D eigenvalue weighted by atomic mass is 10.1. The van der Waals surface area contributed by atoms with Crippen LogP contribution in [0.25, 0.3) is 10.9 Å². The van der Waals surface area contributed by atoms with Crippen LogP contribution in [0.5, 0.6) is 0 Å². The van der Waals surface area contributed by atoms with Gasteiger partial charge in [0.2, 0.25) is 5.91 Å². The molecule has 0 aliphatic carbocycles. The molecule has 6 heteroatoms. The molecule has 0 fully saturated rings. The second-order valence-electron chi connectivity index (χ2n) is 5.07. The van der Waals surface area contributed by atoms with E-state index in [-0.39, 0.29) is 12.5 Å². The molecular weight excluding hydrogens is 294 g/mol. The number of hydrogen-bond acceptors (Lipinski definition) is 3. The Bertz CT molecular complexity index is 856. The van der Waals surface area contributed by atoms with Gasteiger partial charge in [0.05, 0.1) is 0 Å². The predicted octanol–water partition coefficient (Wildman–Crippen LogP) is 2.40. The summed E-state index contributed by atoms with van der Waals surface area (Å²) >= 11 is 0. The summed E-state index contributed by atoms with van der Waals surface area (Å²) in [5.41, 5.74) is 3.40. The Kier molecular flexibility index (Phi) is 4.07. The first-order valence-electron chi connectivity index (χ1n) is 7.05. The quantitative estimate of drug-likeness (QED) is 0.511. The third-order valence-corrected chi connectivity index (χ3v) is 3.51. The third kappa shape index (κ3) is 3.22. The number of para-hydroxylation sites is 1. The fourth-order valence-electron chi connectivity index (χ4n) is 2.40. The molecule has 0 radical (unpaired) electrons. The number of anilines is 1. The molecule has 2 amide bonds. The van der Waals surface area contributed by atoms with Crippen LogP contribution in [-0.2, 0) is 11.3 Å². The number of amides is 2. The topological polar surface area (TPSA) is 83.4 Å². The molecule has 116 valence electrons. The average molecular weight is 309 g/mol. The first kappa shape index (κ1) is 14.8. The first-order chi connectivity index (χ1) is 11.2. The molecule has 0 spiro atoms. The van der Waals surface area contributed by atoms with E-state index in [4.69, 9.17) is 5.21 Å². The number of carbonyl (C=O) groups excluding carboxylic acids is 2. The minimum Gasteiger partial charge on any atom is -0.338 e. The number of nitrogens with zero attached hydrogens (tertiary/aromatic N) is 1. The normalized spacial score (nSPS) is 10.5. The molecule has 6 nitrogen and oxygen atoms in total. The molecule has 3 rings (SSSR count). The first-order valence-corrected chi connectivity index (χ1v) is 7.05. The lowest BCUT2D eigenvalue weighted by molar-refractivity contribution is -0.116. The van der Waals surface area contributed by atoms with Crippen molar-refractivity contribution in [2.24, 2.45) is 0 Å². The molecule has 0 aliphatic rings. The van der Waals surface area contributed by atoms with Gasteiger partial charge in [-0.3, -0.25) is 14.8 Å². The van der Waals surface area contributed by atoms with Gasteiger partial charge in [-0.2, -0.15) is 0 Å². The van der Waals surface area contributed by atoms with Crippen LogP contribution < -0.4 is 10.8 Å². The second kappa shape index (κ2) is 6.33. The van der Waals surface area contributed by atoms with Crippen LogP contribution >= 0.6 is 0 Å². The van der Waals surface area contributed by atoms with Gasteiger partial charge < -0.3 is 9.88 Å². The van der Waals surface area contributed by atoms with E-state index in [0.29, 0.717) is 5.56 Å². The van der Waals surface area contributed by atoms with Gasteiger partial charge in [0, 0.05) is 23.0 Å². The van der Waals surface area contributed by atoms with Gasteiger partial charge in [0.1, 0.15) is 6.54 Å². The molecule has 3 aromatic rings. The standard InChI is InChI=1S/C17H15N3O3/c21-16(18-14-4-2-1-3-5-14)11-20-9-8-12-6-7-13(10-15(12)20)17(22)19-23/h1-10,23H,11H2,(H,18,21)(H,19,22). The smallest absolute Gasteiger partial charge is 0.274 e. The van der Waals surface area contributed by atoms with E-state index in [1.807, 2.05) is 36.4 Å². The maximum atomic E-state index is 12.1. The molecule has 23 heavy (non-hydrogen) atoms. The fraction of sp³-hybridized carbons (Fsp3) is 0.0588. The van der Waals surface area contributed by atoms with Crippen LogP contribution in [0, 0.1) is 0 Å². The van der Waals surface area contributed by atoms with E-state index in [1.165, 1.54) is 0 Å². The number of hydrogen-bond donors (Lipinski definition) is 3. The van der Waals surface area contributed by atoms with E-state index >= 15 is 0 Å². The van der Waals surface area contributed by atoms with Gasteiger partial charge in [0.25, 0.3) is 5.91 Å². The Balaban J connectivity index is 1.82. The van der Waals surface area contributed by atoms with Gasteiger partial charge in [0.15, 0.2) is 0 Å². The van der Waals surface area contributed by atoms with Crippen molar-refractivity contribution in [1.29, 1.82) is 0 Å². The summed E-state index contributed by atoms with van der Waals surface area (Å²) in [5, 5.41) is 12.4. The summed E-state index contributed by atoms with van der Waals surface area (Å²) in [7, 11) is 0. The number of fused-ring (bicyclic) bond motifs is 1. The zero-order valence-corrected chi connectivity index (χ0v) is 12.2. The summed E-state index contributed by atoms with van der Waals surface area (Å²) in [6.07, 6.45) is 1.79. The fourth-order valence-corrected chi connectivity index (χ4v) is 2.40. The third-order valence-electron chi connectivity index (χ3n) is 3.51. The lowest BCUT2D eigenvalue weighted by Crippen LogP contribution is -2.19. The Morgan fingerprint density at radius 3 is 2.57 bits per heavy atom. The van der Waals surface area contributed by atoms with Crippen molar-refractivity contribution in [2.75, 3.05) is 5.32 Å². The molecular formula is C17H15N3O3. The summed E-state index contributed by atoms with van der Waals surface area (Å²) in [5.74, 6) is -0.751. The van der Waals surface area contributed by atoms with Crippen molar-refractivity contribution < 1.29 is 14.8 Å². The predicted molar refractivity (Wildman–Crippen MR) is 86.3 cm³/mol. The van der Waals surface area contributed by atoms with Crippen molar-refractivity contribution in [1.82, 2.24) is 10.0 Å². The maximum absolute atomic E-state index is 12.1. The van der Waals surface area contributed by atoms with Crippen molar-refractivity contribution in [3.05, 3.63) is 66.4 Å². The molecule has 0 bridgehead atoms. The van der Waals surface area contributed by atoms with Crippen LogP contribution in [0.4, 0.5) is 5.69 Å². The number of nitrogens with one attached hydrogen (secondary N) is 2. The van der Waals surface area contributed by atoms with Crippen LogP contribution in [0.2, 0.25) is 0 Å². The Hall–Kier alpha value is -3.12. The number of aromatic nitrogens is 1. The average Bonchev–Trinajstić information content (AvgIpc) is 2.97. The Morgan fingerprint density at radius 1 is 1.04 bits per heavy atom. The van der Waals surface area contributed by atoms with Crippen molar-refractivity contribution in [2.45, 2.75) is 6.54 Å². The van der Waals surface area contributed by atoms with E-state index in [1.54, 1.807) is 34.4 Å². The summed E-state index contributed by atoms with van der Waals surface area (Å²) in [6, 6.07) is 16.1. The van der Waals surface area contributed by atoms with E-state index in [2.05, 4.69) is 5.32 Å². The number of hydroxylamine groups is 1. The van der Waals surface area contributed by atoms with Crippen molar-refractivity contribution >= 4 is 28.4 Å². The molecule has 1 heterocycles. The van der Waals surface area contributed by atoms with Gasteiger partial charge in [-0.25, -0.2) is 5.48 Å². The summed E-state index contributed by atoms with van der Waals surface area (Å²) in [4.78, 5) is 23.7. The van der Waals surface area contributed by atoms with Crippen molar-refractivity contribution in [3.8, 4) is 0 Å². The van der Waals surface area contributed by atoms with Crippen LogP contribution in [0.3, 0.4) is 0 Å². The Morgan fingerprint density at radius 2 is 1.83 bits per heavy atom. The monoisotopic (exact) mass is 309 g/mol. The highest BCUT2D eigenvalue weighted by atomic mass is 16.5. The molecule has 0 atom stereocenters. The lowest BCUT2D eigenvalue weighted by Gasteiger charge is -2.08. The summed E-state index contributed by atoms with van der Waals surface area (Å²) < 4.78 is 1.75. The van der Waals surface area contributed by atoms with Gasteiger partial charge in [-0.15, -0.1) is 0 Å². The number of rotatable bonds is 4. The molecule has 0 saturated carbocycles. The largest absolute Gasteiger partial charge is 0.338 e. The number of benzene rings is 2. The summed E-state index contributed by atoms with van der Waals surface area (Å²) in [6.45, 7) is 0.128. The van der Waals surface area contributed by atoms with Gasteiger partial charge in [-0.05, 0) is 35.7 Å². The zero-order chi connectivity index (χ0) is 16.2. The van der Waals surface area contributed by atoms with Gasteiger partial charge >= 0.3 is 0 Å². The van der Waals surface area contributed by atoms with E-state index in [9.17, 15) is 9.59 Å². The highest BCUT2D eigenvalue weighted by molar-refractivity contribution is 5.98. The minimum atomic E-state index is -0.589. The number of carbonyl (C=O) groups is 2. The van der Waals surface area contributed by atoms with Gasteiger partial charge in [-0.1, -0.05) is 24.3 Å². The van der Waals surface area contributed by atoms with E-state index < -0.39 is 5.91 Å². The van der Waals surface area contributed by atoms with Crippen LogP contribution in [0.15, 0.2) is 60.8 Å². The molecule has 3 N–H and O–H groups in total.